The van der Waals surface area contributed by atoms with Gasteiger partial charge in [0.25, 0.3) is 0 Å². The first kappa shape index (κ1) is 15.4. The van der Waals surface area contributed by atoms with Crippen LogP contribution in [0.2, 0.25) is 5.02 Å². The first-order chi connectivity index (χ1) is 10.6. The fourth-order valence-corrected chi connectivity index (χ4v) is 3.01. The van der Waals surface area contributed by atoms with Crippen LogP contribution in [0.15, 0.2) is 18.2 Å². The third kappa shape index (κ3) is 2.99. The Morgan fingerprint density at radius 1 is 1.27 bits per heavy atom. The summed E-state index contributed by atoms with van der Waals surface area (Å²) in [7, 11) is 0. The fraction of sp³-hybridized carbons (Fsp3) is 0.533. The van der Waals surface area contributed by atoms with E-state index in [4.69, 9.17) is 16.3 Å². The first-order valence-corrected chi connectivity index (χ1v) is 7.85. The maximum atomic E-state index is 12.8. The molecule has 22 heavy (non-hydrogen) atoms. The van der Waals surface area contributed by atoms with Crippen LogP contribution >= 0.6 is 11.6 Å². The molecule has 1 aromatic rings. The van der Waals surface area contributed by atoms with Crippen molar-refractivity contribution < 1.29 is 14.6 Å². The Kier molecular flexibility index (Phi) is 4.42. The number of hydrogen-bond acceptors (Lipinski definition) is 4. The van der Waals surface area contributed by atoms with E-state index >= 15 is 0 Å². The van der Waals surface area contributed by atoms with Crippen LogP contribution in [0.5, 0.6) is 5.75 Å². The SMILES string of the molecule is CC(O)N1CCN(C(=O)N2CCOc3cc(Cl)ccc32)CC1. The number of carbonyl (C=O) groups excluding carboxylic acids is 1. The number of hydrogen-bond donors (Lipinski definition) is 1. The Morgan fingerprint density at radius 3 is 2.68 bits per heavy atom. The van der Waals surface area contributed by atoms with Crippen LogP contribution in [0.4, 0.5) is 10.5 Å². The number of carbonyl (C=O) groups is 1. The summed E-state index contributed by atoms with van der Waals surface area (Å²) in [4.78, 5) is 18.3. The van der Waals surface area contributed by atoms with E-state index in [9.17, 15) is 9.90 Å². The van der Waals surface area contributed by atoms with Crippen molar-refractivity contribution in [2.24, 2.45) is 0 Å². The van der Waals surface area contributed by atoms with Gasteiger partial charge >= 0.3 is 6.03 Å². The van der Waals surface area contributed by atoms with Crippen molar-refractivity contribution in [2.45, 2.75) is 13.2 Å². The van der Waals surface area contributed by atoms with Gasteiger partial charge in [-0.2, -0.15) is 0 Å². The molecule has 0 aliphatic carbocycles. The van der Waals surface area contributed by atoms with Gasteiger partial charge in [-0.05, 0) is 19.1 Å². The van der Waals surface area contributed by atoms with Crippen LogP contribution in [-0.2, 0) is 0 Å². The Bertz CT molecular complexity index is 559. The number of urea groups is 1. The highest BCUT2D eigenvalue weighted by Crippen LogP contribution is 2.34. The van der Waals surface area contributed by atoms with E-state index < -0.39 is 6.23 Å². The molecule has 2 aliphatic heterocycles. The Balaban J connectivity index is 1.72. The van der Waals surface area contributed by atoms with Gasteiger partial charge in [-0.15, -0.1) is 0 Å². The molecule has 0 bridgehead atoms. The minimum Gasteiger partial charge on any atom is -0.489 e. The normalized spacial score (nSPS) is 20.3. The third-order valence-corrected chi connectivity index (χ3v) is 4.36. The number of ether oxygens (including phenoxy) is 1. The lowest BCUT2D eigenvalue weighted by Crippen LogP contribution is -2.55. The monoisotopic (exact) mass is 325 g/mol. The molecular weight excluding hydrogens is 306 g/mol. The number of fused-ring (bicyclic) bond motifs is 1. The van der Waals surface area contributed by atoms with Crippen molar-refractivity contribution in [3.05, 3.63) is 23.2 Å². The van der Waals surface area contributed by atoms with Gasteiger partial charge in [0.05, 0.1) is 12.2 Å². The number of nitrogens with zero attached hydrogens (tertiary/aromatic N) is 3. The van der Waals surface area contributed by atoms with Crippen LogP contribution in [0.3, 0.4) is 0 Å². The molecule has 1 fully saturated rings. The summed E-state index contributed by atoms with van der Waals surface area (Å²) in [5, 5.41) is 10.2. The zero-order valence-corrected chi connectivity index (χ0v) is 13.3. The number of anilines is 1. The number of benzene rings is 1. The second-order valence-corrected chi connectivity index (χ2v) is 5.99. The molecule has 3 rings (SSSR count). The zero-order chi connectivity index (χ0) is 15.7. The summed E-state index contributed by atoms with van der Waals surface area (Å²) < 4.78 is 5.58. The molecule has 120 valence electrons. The van der Waals surface area contributed by atoms with Crippen LogP contribution in [-0.4, -0.2) is 66.5 Å². The Morgan fingerprint density at radius 2 is 2.00 bits per heavy atom. The molecule has 2 aliphatic rings. The maximum Gasteiger partial charge on any atom is 0.324 e. The standard InChI is InChI=1S/C15H20ClN3O3/c1-11(20)17-4-6-18(7-5-17)15(21)19-8-9-22-14-10-12(16)2-3-13(14)19/h2-3,10-11,20H,4-9H2,1H3. The Hall–Kier alpha value is -1.50. The van der Waals surface area contributed by atoms with Gasteiger partial charge in [0, 0.05) is 37.3 Å². The van der Waals surface area contributed by atoms with Crippen molar-refractivity contribution in [1.82, 2.24) is 9.80 Å². The highest BCUT2D eigenvalue weighted by Gasteiger charge is 2.30. The van der Waals surface area contributed by atoms with Gasteiger partial charge < -0.3 is 14.7 Å². The molecule has 0 saturated carbocycles. The average Bonchev–Trinajstić information content (AvgIpc) is 2.53. The molecule has 6 nitrogen and oxygen atoms in total. The largest absolute Gasteiger partial charge is 0.489 e. The lowest BCUT2D eigenvalue weighted by Gasteiger charge is -2.39. The highest BCUT2D eigenvalue weighted by atomic mass is 35.5. The summed E-state index contributed by atoms with van der Waals surface area (Å²) in [6, 6.07) is 5.31. The van der Waals surface area contributed by atoms with E-state index in [2.05, 4.69) is 0 Å². The molecule has 1 N–H and O–H groups in total. The van der Waals surface area contributed by atoms with Crippen LogP contribution in [0.25, 0.3) is 0 Å². The molecule has 0 aromatic heterocycles. The quantitative estimate of drug-likeness (QED) is 0.852. The molecule has 1 saturated heterocycles. The van der Waals surface area contributed by atoms with Gasteiger partial charge in [0.1, 0.15) is 18.6 Å². The predicted octanol–water partition coefficient (Wildman–Crippen LogP) is 1.61. The lowest BCUT2D eigenvalue weighted by molar-refractivity contribution is -0.00547. The number of amides is 2. The molecular formula is C15H20ClN3O3. The smallest absolute Gasteiger partial charge is 0.324 e. The second-order valence-electron chi connectivity index (χ2n) is 5.55. The van der Waals surface area contributed by atoms with Crippen molar-refractivity contribution >= 4 is 23.3 Å². The van der Waals surface area contributed by atoms with Crippen LogP contribution in [0.1, 0.15) is 6.92 Å². The first-order valence-electron chi connectivity index (χ1n) is 7.47. The van der Waals surface area contributed by atoms with Crippen molar-refractivity contribution in [2.75, 3.05) is 44.2 Å². The number of aliphatic hydroxyl groups is 1. The topological polar surface area (TPSA) is 56.2 Å². The highest BCUT2D eigenvalue weighted by molar-refractivity contribution is 6.30. The molecule has 2 heterocycles. The van der Waals surface area contributed by atoms with Gasteiger partial charge in [-0.3, -0.25) is 9.80 Å². The van der Waals surface area contributed by atoms with Crippen LogP contribution in [0, 0.1) is 0 Å². The summed E-state index contributed by atoms with van der Waals surface area (Å²) >= 11 is 5.98. The van der Waals surface area contributed by atoms with E-state index in [1.165, 1.54) is 0 Å². The molecule has 1 aromatic carbocycles. The number of rotatable bonds is 1. The summed E-state index contributed by atoms with van der Waals surface area (Å²) in [5.74, 6) is 0.648. The van der Waals surface area contributed by atoms with Gasteiger partial charge in [-0.25, -0.2) is 4.79 Å². The maximum absolute atomic E-state index is 12.8. The Labute approximate surface area is 134 Å². The molecule has 0 spiro atoms. The minimum atomic E-state index is -0.469. The van der Waals surface area contributed by atoms with Crippen molar-refractivity contribution in [3.8, 4) is 5.75 Å². The van der Waals surface area contributed by atoms with Gasteiger partial charge in [-0.1, -0.05) is 11.6 Å². The zero-order valence-electron chi connectivity index (χ0n) is 12.5. The average molecular weight is 326 g/mol. The molecule has 1 atom stereocenters. The van der Waals surface area contributed by atoms with Crippen LogP contribution < -0.4 is 9.64 Å². The molecule has 0 radical (unpaired) electrons. The summed E-state index contributed by atoms with van der Waals surface area (Å²) in [6.07, 6.45) is -0.469. The third-order valence-electron chi connectivity index (χ3n) is 4.13. The minimum absolute atomic E-state index is 0.0166. The molecule has 1 unspecified atom stereocenters. The van der Waals surface area contributed by atoms with Crippen molar-refractivity contribution in [1.29, 1.82) is 0 Å². The number of piperazine rings is 1. The van der Waals surface area contributed by atoms with Crippen molar-refractivity contribution in [3.63, 3.8) is 0 Å². The van der Waals surface area contributed by atoms with Gasteiger partial charge in [0.15, 0.2) is 0 Å². The molecule has 2 amide bonds. The number of aliphatic hydroxyl groups excluding tert-OH is 1. The second kappa shape index (κ2) is 6.32. The predicted molar refractivity (Wildman–Crippen MR) is 84.5 cm³/mol. The van der Waals surface area contributed by atoms with Gasteiger partial charge in [0.2, 0.25) is 0 Å². The fourth-order valence-electron chi connectivity index (χ4n) is 2.85. The summed E-state index contributed by atoms with van der Waals surface area (Å²) in [5.41, 5.74) is 0.763. The van der Waals surface area contributed by atoms with E-state index in [0.29, 0.717) is 50.1 Å². The summed E-state index contributed by atoms with van der Waals surface area (Å²) in [6.45, 7) is 5.34. The van der Waals surface area contributed by atoms with E-state index in [0.717, 1.165) is 5.69 Å². The van der Waals surface area contributed by atoms with E-state index in [-0.39, 0.29) is 6.03 Å². The van der Waals surface area contributed by atoms with E-state index in [1.54, 1.807) is 24.0 Å². The van der Waals surface area contributed by atoms with E-state index in [1.807, 2.05) is 15.9 Å². The lowest BCUT2D eigenvalue weighted by atomic mass is 10.2. The molecule has 7 heteroatoms. The number of halogens is 1.